The molecule has 8 heteroatoms. The van der Waals surface area contributed by atoms with E-state index < -0.39 is 0 Å². The lowest BCUT2D eigenvalue weighted by molar-refractivity contribution is -0.113. The molecule has 154 valence electrons. The number of anilines is 1. The molecule has 0 radical (unpaired) electrons. The summed E-state index contributed by atoms with van der Waals surface area (Å²) in [6.45, 7) is 0.492. The Balaban J connectivity index is 1.52. The first-order chi connectivity index (χ1) is 14.6. The van der Waals surface area contributed by atoms with Crippen molar-refractivity contribution in [2.24, 2.45) is 0 Å². The van der Waals surface area contributed by atoms with Gasteiger partial charge in [-0.05, 0) is 67.6 Å². The molecule has 0 unspecified atom stereocenters. The number of pyridine rings is 1. The zero-order valence-electron chi connectivity index (χ0n) is 16.3. The Hall–Kier alpha value is -2.45. The van der Waals surface area contributed by atoms with E-state index in [2.05, 4.69) is 31.2 Å². The van der Waals surface area contributed by atoms with Crippen LogP contribution in [0, 0.1) is 0 Å². The van der Waals surface area contributed by atoms with Gasteiger partial charge in [0.1, 0.15) is 5.03 Å². The number of carbonyl (C=O) groups excluding carboxylic acids is 1. The summed E-state index contributed by atoms with van der Waals surface area (Å²) in [6, 6.07) is 11.3. The Morgan fingerprint density at radius 2 is 1.83 bits per heavy atom. The van der Waals surface area contributed by atoms with Crippen LogP contribution >= 0.6 is 27.7 Å². The molecule has 0 spiro atoms. The molecule has 2 aromatic heterocycles. The lowest BCUT2D eigenvalue weighted by atomic mass is 9.97. The van der Waals surface area contributed by atoms with Crippen molar-refractivity contribution in [1.29, 1.82) is 0 Å². The SMILES string of the molecule is O=C(CSc1nc(=O)n(Cc2ccncc2)c2c1CCCC2)Nc1ccc(Br)cc1. The van der Waals surface area contributed by atoms with Gasteiger partial charge in [-0.1, -0.05) is 27.7 Å². The average molecular weight is 485 g/mol. The molecule has 4 rings (SSSR count). The molecule has 2 heterocycles. The van der Waals surface area contributed by atoms with Crippen LogP contribution in [0.25, 0.3) is 0 Å². The first-order valence-corrected chi connectivity index (χ1v) is 11.6. The molecule has 0 saturated heterocycles. The van der Waals surface area contributed by atoms with Crippen molar-refractivity contribution in [3.8, 4) is 0 Å². The summed E-state index contributed by atoms with van der Waals surface area (Å²) in [7, 11) is 0. The van der Waals surface area contributed by atoms with E-state index in [0.29, 0.717) is 11.6 Å². The summed E-state index contributed by atoms with van der Waals surface area (Å²) in [5.41, 5.74) is 3.66. The normalized spacial score (nSPS) is 13.0. The van der Waals surface area contributed by atoms with Gasteiger partial charge < -0.3 is 5.32 Å². The second-order valence-electron chi connectivity index (χ2n) is 7.12. The van der Waals surface area contributed by atoms with Crippen LogP contribution in [0.5, 0.6) is 0 Å². The van der Waals surface area contributed by atoms with Crippen molar-refractivity contribution < 1.29 is 4.79 Å². The van der Waals surface area contributed by atoms with Gasteiger partial charge in [-0.2, -0.15) is 4.98 Å². The first kappa shape index (κ1) is 20.8. The van der Waals surface area contributed by atoms with E-state index in [-0.39, 0.29) is 17.3 Å². The van der Waals surface area contributed by atoms with Crippen molar-refractivity contribution in [1.82, 2.24) is 14.5 Å². The van der Waals surface area contributed by atoms with Gasteiger partial charge in [-0.25, -0.2) is 4.79 Å². The highest BCUT2D eigenvalue weighted by atomic mass is 79.9. The molecule has 1 aliphatic carbocycles. The minimum absolute atomic E-state index is 0.116. The molecule has 0 aliphatic heterocycles. The maximum atomic E-state index is 12.8. The Kier molecular flexibility index (Phi) is 6.64. The molecule has 1 aliphatic rings. The van der Waals surface area contributed by atoms with Gasteiger partial charge in [-0.15, -0.1) is 0 Å². The minimum atomic E-state index is -0.261. The number of benzene rings is 1. The third-order valence-corrected chi connectivity index (χ3v) is 6.56. The molecule has 30 heavy (non-hydrogen) atoms. The average Bonchev–Trinajstić information content (AvgIpc) is 2.77. The number of carbonyl (C=O) groups is 1. The highest BCUT2D eigenvalue weighted by Gasteiger charge is 2.21. The third kappa shape index (κ3) is 4.99. The topological polar surface area (TPSA) is 76.9 Å². The van der Waals surface area contributed by atoms with Crippen LogP contribution in [0.3, 0.4) is 0 Å². The number of hydrogen-bond donors (Lipinski definition) is 1. The van der Waals surface area contributed by atoms with E-state index >= 15 is 0 Å². The summed E-state index contributed by atoms with van der Waals surface area (Å²) in [4.78, 5) is 33.6. The molecule has 6 nitrogen and oxygen atoms in total. The maximum Gasteiger partial charge on any atom is 0.349 e. The number of fused-ring (bicyclic) bond motifs is 1. The number of halogens is 1. The fraction of sp³-hybridized carbons (Fsp3) is 0.273. The fourth-order valence-electron chi connectivity index (χ4n) is 3.57. The van der Waals surface area contributed by atoms with Gasteiger partial charge >= 0.3 is 5.69 Å². The number of aromatic nitrogens is 3. The van der Waals surface area contributed by atoms with Gasteiger partial charge in [0.2, 0.25) is 5.91 Å². The van der Waals surface area contributed by atoms with Gasteiger partial charge in [0.25, 0.3) is 0 Å². The lowest BCUT2D eigenvalue weighted by Crippen LogP contribution is -2.30. The predicted octanol–water partition coefficient (Wildman–Crippen LogP) is 4.06. The van der Waals surface area contributed by atoms with Gasteiger partial charge in [0, 0.05) is 33.8 Å². The highest BCUT2D eigenvalue weighted by molar-refractivity contribution is 9.10. The number of nitrogens with one attached hydrogen (secondary N) is 1. The molecule has 0 bridgehead atoms. The van der Waals surface area contributed by atoms with Gasteiger partial charge in [0.15, 0.2) is 0 Å². The second-order valence-corrected chi connectivity index (χ2v) is 9.00. The molecule has 1 amide bonds. The summed E-state index contributed by atoms with van der Waals surface area (Å²) in [5.74, 6) is 0.0956. The Bertz CT molecular complexity index is 1100. The molecule has 0 atom stereocenters. The van der Waals surface area contributed by atoms with Crippen molar-refractivity contribution in [2.75, 3.05) is 11.1 Å². The molecule has 0 fully saturated rings. The van der Waals surface area contributed by atoms with Gasteiger partial charge in [0.05, 0.1) is 12.3 Å². The van der Waals surface area contributed by atoms with E-state index in [4.69, 9.17) is 0 Å². The smallest absolute Gasteiger partial charge is 0.325 e. The van der Waals surface area contributed by atoms with Crippen LogP contribution in [0.1, 0.15) is 29.7 Å². The highest BCUT2D eigenvalue weighted by Crippen LogP contribution is 2.29. The minimum Gasteiger partial charge on any atom is -0.325 e. The Morgan fingerprint density at radius 3 is 2.60 bits per heavy atom. The quantitative estimate of drug-likeness (QED) is 0.421. The van der Waals surface area contributed by atoms with Crippen molar-refractivity contribution in [2.45, 2.75) is 37.3 Å². The lowest BCUT2D eigenvalue weighted by Gasteiger charge is -2.22. The van der Waals surface area contributed by atoms with Crippen LogP contribution in [-0.2, 0) is 24.2 Å². The summed E-state index contributed by atoms with van der Waals surface area (Å²) >= 11 is 4.72. The Labute approximate surface area is 187 Å². The standard InChI is InChI=1S/C22H21BrN4O2S/c23-16-5-7-17(8-6-16)25-20(28)14-30-21-18-3-1-2-4-19(18)27(22(29)26-21)13-15-9-11-24-12-10-15/h5-12H,1-4,13-14H2,(H,25,28). The van der Waals surface area contributed by atoms with Crippen LogP contribution in [-0.4, -0.2) is 26.2 Å². The largest absolute Gasteiger partial charge is 0.349 e. The number of rotatable bonds is 6. The number of amides is 1. The third-order valence-electron chi connectivity index (χ3n) is 5.01. The van der Waals surface area contributed by atoms with Crippen molar-refractivity contribution in [3.05, 3.63) is 80.6 Å². The van der Waals surface area contributed by atoms with Gasteiger partial charge in [-0.3, -0.25) is 14.3 Å². The van der Waals surface area contributed by atoms with Crippen molar-refractivity contribution in [3.63, 3.8) is 0 Å². The number of hydrogen-bond acceptors (Lipinski definition) is 5. The second kappa shape index (κ2) is 9.57. The molecule has 3 aromatic rings. The monoisotopic (exact) mass is 484 g/mol. The fourth-order valence-corrected chi connectivity index (χ4v) is 4.71. The van der Waals surface area contributed by atoms with Crippen LogP contribution < -0.4 is 11.0 Å². The van der Waals surface area contributed by atoms with E-state index in [1.807, 2.05) is 36.4 Å². The zero-order valence-corrected chi connectivity index (χ0v) is 18.7. The molecule has 1 aromatic carbocycles. The van der Waals surface area contributed by atoms with E-state index in [1.165, 1.54) is 11.8 Å². The predicted molar refractivity (Wildman–Crippen MR) is 122 cm³/mol. The molecular weight excluding hydrogens is 464 g/mol. The van der Waals surface area contributed by atoms with E-state index in [0.717, 1.165) is 52.7 Å². The van der Waals surface area contributed by atoms with Crippen LogP contribution in [0.2, 0.25) is 0 Å². The van der Waals surface area contributed by atoms with E-state index in [9.17, 15) is 9.59 Å². The van der Waals surface area contributed by atoms with Crippen LogP contribution in [0.15, 0.2) is 63.1 Å². The zero-order chi connectivity index (χ0) is 20.9. The molecule has 0 saturated carbocycles. The van der Waals surface area contributed by atoms with Crippen molar-refractivity contribution >= 4 is 39.3 Å². The van der Waals surface area contributed by atoms with E-state index in [1.54, 1.807) is 17.0 Å². The molecule has 1 N–H and O–H groups in total. The van der Waals surface area contributed by atoms with Crippen LogP contribution in [0.4, 0.5) is 5.69 Å². The Morgan fingerprint density at radius 1 is 1.10 bits per heavy atom. The molecular formula is C22H21BrN4O2S. The maximum absolute atomic E-state index is 12.8. The first-order valence-electron chi connectivity index (χ1n) is 9.80. The number of nitrogens with zero attached hydrogens (tertiary/aromatic N) is 3. The summed E-state index contributed by atoms with van der Waals surface area (Å²) in [5, 5.41) is 3.57. The number of thioether (sulfide) groups is 1. The summed E-state index contributed by atoms with van der Waals surface area (Å²) in [6.07, 6.45) is 7.33. The summed E-state index contributed by atoms with van der Waals surface area (Å²) < 4.78 is 2.73.